The Bertz CT molecular complexity index is 423. The molecule has 0 saturated carbocycles. The summed E-state index contributed by atoms with van der Waals surface area (Å²) in [7, 11) is 0. The van der Waals surface area contributed by atoms with Gasteiger partial charge in [0.25, 0.3) is 13.4 Å². The average molecular weight is 760 g/mol. The maximum absolute atomic E-state index is 6.67. The van der Waals surface area contributed by atoms with Gasteiger partial charge in [0.2, 0.25) is 0 Å². The molecule has 1 aliphatic heterocycles. The largest absolute Gasteiger partial charge is 0.347 e. The molecule has 0 N–H and O–H groups in total. The van der Waals surface area contributed by atoms with Crippen LogP contribution in [-0.4, -0.2) is 37.4 Å². The molecule has 0 radical (unpaired) electrons. The SMILES string of the molecule is Cl[Si](Cl)(Cl)C1([Si](Cl)(Cl)Cl)[Si](Cl)(Cl)C([Si](Cl)(Cl)Cl)([Si](Cl)(Cl)Cl)[Si]1(Cl)Cl. The molecule has 0 aromatic rings. The third kappa shape index (κ3) is 3.34. The van der Waals surface area contributed by atoms with Crippen molar-refractivity contribution in [1.29, 1.82) is 0 Å². The Kier molecular flexibility index (Phi) is 9.05. The first-order valence-corrected chi connectivity index (χ1v) is 33.2. The first-order valence-electron chi connectivity index (χ1n) is 5.02. The summed E-state index contributed by atoms with van der Waals surface area (Å²) in [5.74, 6) is 0. The van der Waals surface area contributed by atoms with Gasteiger partial charge in [-0.05, 0) is 0 Å². The van der Waals surface area contributed by atoms with Crippen LogP contribution in [0.15, 0.2) is 0 Å². The first kappa shape index (κ1) is 28.0. The van der Waals surface area contributed by atoms with E-state index < -0.39 is 45.2 Å². The second-order valence-corrected chi connectivity index (χ2v) is 58.3. The van der Waals surface area contributed by atoms with Gasteiger partial charge in [-0.15, -0.1) is 177 Å². The summed E-state index contributed by atoms with van der Waals surface area (Å²) < 4.78 is -3.98. The predicted molar refractivity (Wildman–Crippen MR) is 134 cm³/mol. The van der Waals surface area contributed by atoms with Crippen molar-refractivity contribution in [3.8, 4) is 0 Å². The van der Waals surface area contributed by atoms with Crippen molar-refractivity contribution in [2.75, 3.05) is 0 Å². The summed E-state index contributed by atoms with van der Waals surface area (Å²) in [4.78, 5) is 0. The Labute approximate surface area is 219 Å². The van der Waals surface area contributed by atoms with Crippen molar-refractivity contribution in [1.82, 2.24) is 0 Å². The van der Waals surface area contributed by atoms with Gasteiger partial charge in [0.05, 0.1) is 7.82 Å². The van der Waals surface area contributed by atoms with Gasteiger partial charge in [0.1, 0.15) is 0 Å². The Hall–Kier alpha value is 5.94. The molecule has 0 aromatic carbocycles. The normalized spacial score (nSPS) is 26.0. The molecule has 144 valence electrons. The summed E-state index contributed by atoms with van der Waals surface area (Å²) in [6.07, 6.45) is 0. The maximum Gasteiger partial charge on any atom is 0.347 e. The molecule has 0 aromatic heterocycles. The summed E-state index contributed by atoms with van der Waals surface area (Å²) in [6.45, 7) is -8.56. The van der Waals surface area contributed by atoms with Crippen LogP contribution in [0.5, 0.6) is 0 Å². The molecule has 0 unspecified atom stereocenters. The van der Waals surface area contributed by atoms with Crippen LogP contribution in [0.1, 0.15) is 0 Å². The van der Waals surface area contributed by atoms with Crippen LogP contribution in [0, 0.1) is 0 Å². The smallest absolute Gasteiger partial charge is 0.146 e. The standard InChI is InChI=1S/C2Cl16Si6/c3-19(4)1(21(7,8)9,22(10,11)12)20(5,6)2(19,23(13,14)15)24(16,17)18. The van der Waals surface area contributed by atoms with E-state index >= 15 is 0 Å². The van der Waals surface area contributed by atoms with Gasteiger partial charge < -0.3 is 0 Å². The van der Waals surface area contributed by atoms with E-state index in [1.807, 2.05) is 0 Å². The van der Waals surface area contributed by atoms with E-state index in [2.05, 4.69) is 0 Å². The Morgan fingerprint density at radius 2 is 0.500 bits per heavy atom. The Morgan fingerprint density at radius 3 is 0.583 bits per heavy atom. The van der Waals surface area contributed by atoms with Gasteiger partial charge in [-0.25, -0.2) is 0 Å². The summed E-state index contributed by atoms with van der Waals surface area (Å²) in [5.41, 5.74) is 0. The van der Waals surface area contributed by atoms with Crippen LogP contribution in [0.4, 0.5) is 0 Å². The van der Waals surface area contributed by atoms with E-state index in [1.54, 1.807) is 0 Å². The lowest BCUT2D eigenvalue weighted by Crippen LogP contribution is -2.94. The van der Waals surface area contributed by atoms with E-state index in [1.165, 1.54) is 0 Å². The molecule has 24 heavy (non-hydrogen) atoms. The third-order valence-corrected chi connectivity index (χ3v) is 83.3. The molecule has 1 fully saturated rings. The van der Waals surface area contributed by atoms with E-state index in [9.17, 15) is 0 Å². The third-order valence-electron chi connectivity index (χ3n) is 3.58. The zero-order valence-corrected chi connectivity index (χ0v) is 28.1. The minimum atomic E-state index is -4.28. The summed E-state index contributed by atoms with van der Waals surface area (Å²) in [5, 5.41) is 0. The quantitative estimate of drug-likeness (QED) is 0.198. The number of halogens is 16. The van der Waals surface area contributed by atoms with Crippen molar-refractivity contribution >= 4 is 215 Å². The zero-order chi connectivity index (χ0) is 20.0. The monoisotopic (exact) mass is 751 g/mol. The molecule has 1 aliphatic rings. The lowest BCUT2D eigenvalue weighted by Gasteiger charge is -2.74. The summed E-state index contributed by atoms with van der Waals surface area (Å²) >= 11 is 101. The second kappa shape index (κ2) is 7.77. The van der Waals surface area contributed by atoms with Crippen LogP contribution in [0.3, 0.4) is 0 Å². The molecular formula is C2Cl16Si6. The molecule has 1 saturated heterocycles. The molecule has 0 amide bonds. The first-order chi connectivity index (χ1) is 10.0. The van der Waals surface area contributed by atoms with Gasteiger partial charge in [0, 0.05) is 0 Å². The lowest BCUT2D eigenvalue weighted by molar-refractivity contribution is 1.21. The highest BCUT2D eigenvalue weighted by molar-refractivity contribution is 8.03. The van der Waals surface area contributed by atoms with E-state index in [0.29, 0.717) is 0 Å². The van der Waals surface area contributed by atoms with Crippen molar-refractivity contribution in [2.24, 2.45) is 0 Å². The number of hydrogen-bond donors (Lipinski definition) is 0. The average Bonchev–Trinajstić information content (AvgIpc) is 2.01. The van der Waals surface area contributed by atoms with Crippen LogP contribution in [-0.2, 0) is 0 Å². The fourth-order valence-electron chi connectivity index (χ4n) is 2.64. The number of hydrogen-bond acceptors (Lipinski definition) is 0. The van der Waals surface area contributed by atoms with Crippen LogP contribution < -0.4 is 0 Å². The molecule has 0 bridgehead atoms. The molecule has 0 nitrogen and oxygen atoms in total. The Morgan fingerprint density at radius 1 is 0.375 bits per heavy atom. The minimum Gasteiger partial charge on any atom is -0.146 e. The fourth-order valence-corrected chi connectivity index (χ4v) is 142. The van der Waals surface area contributed by atoms with Crippen LogP contribution in [0.2, 0.25) is 7.82 Å². The Balaban J connectivity index is 4.09. The minimum absolute atomic E-state index is 1.99. The van der Waals surface area contributed by atoms with E-state index in [0.717, 1.165) is 0 Å². The van der Waals surface area contributed by atoms with Crippen molar-refractivity contribution in [3.63, 3.8) is 0 Å². The lowest BCUT2D eigenvalue weighted by atomic mass is 11.6. The van der Waals surface area contributed by atoms with E-state index in [-0.39, 0.29) is 0 Å². The molecule has 0 atom stereocenters. The molecule has 1 rings (SSSR count). The highest BCUT2D eigenvalue weighted by atomic mass is 35.9. The maximum atomic E-state index is 6.67. The zero-order valence-electron chi connectivity index (χ0n) is 10.0. The molecule has 1 heterocycles. The molecule has 22 heteroatoms. The predicted octanol–water partition coefficient (Wildman–Crippen LogP) is 9.18. The van der Waals surface area contributed by atoms with Gasteiger partial charge in [0.15, 0.2) is 0 Å². The highest BCUT2D eigenvalue weighted by Crippen LogP contribution is 2.93. The molecule has 0 aliphatic carbocycles. The van der Waals surface area contributed by atoms with Crippen molar-refractivity contribution < 1.29 is 0 Å². The summed E-state index contributed by atoms with van der Waals surface area (Å²) in [6, 6.07) is -16.4. The van der Waals surface area contributed by atoms with Gasteiger partial charge in [-0.1, -0.05) is 0 Å². The fraction of sp³-hybridized carbons (Fsp3) is 1.00. The van der Waals surface area contributed by atoms with E-state index in [4.69, 9.17) is 177 Å². The van der Waals surface area contributed by atoms with Gasteiger partial charge in [-0.2, -0.15) is 0 Å². The van der Waals surface area contributed by atoms with Crippen molar-refractivity contribution in [2.45, 2.75) is 7.82 Å². The number of rotatable bonds is 4. The highest BCUT2D eigenvalue weighted by Gasteiger charge is 3.07. The van der Waals surface area contributed by atoms with Crippen LogP contribution >= 0.6 is 177 Å². The second-order valence-electron chi connectivity index (χ2n) is 4.64. The van der Waals surface area contributed by atoms with Gasteiger partial charge >= 0.3 is 24.0 Å². The van der Waals surface area contributed by atoms with Crippen molar-refractivity contribution in [3.05, 3.63) is 0 Å². The van der Waals surface area contributed by atoms with Crippen LogP contribution in [0.25, 0.3) is 0 Å². The molecular weight excluding hydrogens is 760 g/mol. The molecule has 0 spiro atoms. The van der Waals surface area contributed by atoms with Gasteiger partial charge in [-0.3, -0.25) is 0 Å². The topological polar surface area (TPSA) is 0 Å².